The van der Waals surface area contributed by atoms with Gasteiger partial charge in [0.1, 0.15) is 0 Å². The van der Waals surface area contributed by atoms with Crippen molar-refractivity contribution in [1.82, 2.24) is 4.98 Å². The topological polar surface area (TPSA) is 65.2 Å². The second-order valence-corrected chi connectivity index (χ2v) is 3.09. The summed E-state index contributed by atoms with van der Waals surface area (Å²) in [4.78, 5) is 14.7. The predicted octanol–water partition coefficient (Wildman–Crippen LogP) is 1.79. The van der Waals surface area contributed by atoms with Crippen molar-refractivity contribution < 1.29 is 22.7 Å². The molecule has 0 radical (unpaired) electrons. The molecule has 0 amide bonds. The third-order valence-corrected chi connectivity index (χ3v) is 2.04. The number of esters is 1. The van der Waals surface area contributed by atoms with Gasteiger partial charge in [0.05, 0.1) is 6.61 Å². The Hall–Kier alpha value is -1.63. The molecule has 0 saturated carbocycles. The molecule has 0 unspecified atom stereocenters. The van der Waals surface area contributed by atoms with Crippen LogP contribution in [0.2, 0.25) is 0 Å². The maximum Gasteiger partial charge on any atom is 0.357 e. The molecule has 0 aliphatic rings. The number of hydrogen-bond donors (Lipinski definition) is 1. The van der Waals surface area contributed by atoms with Crippen LogP contribution in [0, 0.1) is 5.95 Å². The molecule has 1 heterocycles. The van der Waals surface area contributed by atoms with E-state index in [2.05, 4.69) is 9.72 Å². The first-order valence-corrected chi connectivity index (χ1v) is 4.85. The molecular weight excluding hydrogens is 237 g/mol. The van der Waals surface area contributed by atoms with Crippen LogP contribution in [-0.2, 0) is 11.3 Å². The molecule has 17 heavy (non-hydrogen) atoms. The number of aromatic nitrogens is 1. The highest BCUT2D eigenvalue weighted by Crippen LogP contribution is 2.25. The molecule has 1 rings (SSSR count). The zero-order valence-electron chi connectivity index (χ0n) is 9.04. The van der Waals surface area contributed by atoms with Crippen molar-refractivity contribution in [2.75, 3.05) is 6.61 Å². The van der Waals surface area contributed by atoms with Gasteiger partial charge in [-0.25, -0.2) is 18.6 Å². The largest absolute Gasteiger partial charge is 0.461 e. The quantitative estimate of drug-likeness (QED) is 0.651. The van der Waals surface area contributed by atoms with Gasteiger partial charge in [0.15, 0.2) is 5.69 Å². The van der Waals surface area contributed by atoms with E-state index in [1.165, 1.54) is 6.92 Å². The van der Waals surface area contributed by atoms with Gasteiger partial charge in [-0.05, 0) is 6.92 Å². The van der Waals surface area contributed by atoms with Crippen molar-refractivity contribution in [3.05, 3.63) is 28.8 Å². The first kappa shape index (κ1) is 13.4. The summed E-state index contributed by atoms with van der Waals surface area (Å²) < 4.78 is 42.8. The Morgan fingerprint density at radius 3 is 2.71 bits per heavy atom. The molecule has 1 aromatic heterocycles. The number of pyridine rings is 1. The van der Waals surface area contributed by atoms with E-state index in [9.17, 15) is 18.0 Å². The van der Waals surface area contributed by atoms with Crippen molar-refractivity contribution in [1.29, 1.82) is 0 Å². The summed E-state index contributed by atoms with van der Waals surface area (Å²) in [7, 11) is 0. The van der Waals surface area contributed by atoms with E-state index in [1.807, 2.05) is 0 Å². The number of carbonyl (C=O) groups excluding carboxylic acids is 1. The van der Waals surface area contributed by atoms with Crippen LogP contribution in [0.4, 0.5) is 13.2 Å². The summed E-state index contributed by atoms with van der Waals surface area (Å²) in [5.41, 5.74) is 3.94. The second kappa shape index (κ2) is 5.62. The van der Waals surface area contributed by atoms with E-state index in [0.717, 1.165) is 0 Å². The Balaban J connectivity index is 3.32. The van der Waals surface area contributed by atoms with Gasteiger partial charge in [-0.15, -0.1) is 0 Å². The number of halogens is 3. The standard InChI is InChI=1S/C10H11F3N2O2/c1-2-17-10(16)8-6(4-14)5(9(12)13)3-7(11)15-8/h3,9H,2,4,14H2,1H3. The molecule has 94 valence electrons. The predicted molar refractivity (Wildman–Crippen MR) is 53.0 cm³/mol. The Bertz CT molecular complexity index is 424. The number of ether oxygens (including phenoxy) is 1. The van der Waals surface area contributed by atoms with Gasteiger partial charge in [0.25, 0.3) is 6.43 Å². The van der Waals surface area contributed by atoms with Crippen LogP contribution in [0.25, 0.3) is 0 Å². The molecule has 0 atom stereocenters. The van der Waals surface area contributed by atoms with Crippen LogP contribution in [0.3, 0.4) is 0 Å². The number of hydrogen-bond acceptors (Lipinski definition) is 4. The highest BCUT2D eigenvalue weighted by Gasteiger charge is 2.23. The van der Waals surface area contributed by atoms with Gasteiger partial charge in [-0.3, -0.25) is 0 Å². The van der Waals surface area contributed by atoms with E-state index in [4.69, 9.17) is 5.73 Å². The minimum atomic E-state index is -2.93. The first-order valence-electron chi connectivity index (χ1n) is 4.85. The van der Waals surface area contributed by atoms with Crippen molar-refractivity contribution in [3.63, 3.8) is 0 Å². The summed E-state index contributed by atoms with van der Waals surface area (Å²) in [6.07, 6.45) is -2.93. The SMILES string of the molecule is CCOC(=O)c1nc(F)cc(C(F)F)c1CN. The lowest BCUT2D eigenvalue weighted by Crippen LogP contribution is -2.16. The zero-order valence-corrected chi connectivity index (χ0v) is 9.04. The van der Waals surface area contributed by atoms with Gasteiger partial charge < -0.3 is 10.5 Å². The Morgan fingerprint density at radius 1 is 1.59 bits per heavy atom. The lowest BCUT2D eigenvalue weighted by molar-refractivity contribution is 0.0515. The molecular formula is C10H11F3N2O2. The molecule has 0 fully saturated rings. The molecule has 0 aromatic carbocycles. The maximum atomic E-state index is 13.0. The van der Waals surface area contributed by atoms with Crippen molar-refractivity contribution in [2.24, 2.45) is 5.73 Å². The fourth-order valence-corrected chi connectivity index (χ4v) is 1.34. The number of alkyl halides is 2. The van der Waals surface area contributed by atoms with Crippen LogP contribution in [-0.4, -0.2) is 17.6 Å². The van der Waals surface area contributed by atoms with Crippen LogP contribution >= 0.6 is 0 Å². The van der Waals surface area contributed by atoms with E-state index >= 15 is 0 Å². The highest BCUT2D eigenvalue weighted by molar-refractivity contribution is 5.89. The summed E-state index contributed by atoms with van der Waals surface area (Å²) >= 11 is 0. The van der Waals surface area contributed by atoms with Gasteiger partial charge in [-0.2, -0.15) is 4.39 Å². The fourth-order valence-electron chi connectivity index (χ4n) is 1.34. The first-order chi connectivity index (χ1) is 8.01. The Kier molecular flexibility index (Phi) is 4.45. The molecule has 0 saturated heterocycles. The van der Waals surface area contributed by atoms with Crippen LogP contribution in [0.1, 0.15) is 35.0 Å². The Labute approximate surface area is 95.6 Å². The molecule has 0 aliphatic carbocycles. The number of carbonyl (C=O) groups is 1. The average Bonchev–Trinajstić information content (AvgIpc) is 2.28. The van der Waals surface area contributed by atoms with Gasteiger partial charge >= 0.3 is 5.97 Å². The molecule has 2 N–H and O–H groups in total. The summed E-state index contributed by atoms with van der Waals surface area (Å²) in [6.45, 7) is 1.22. The zero-order chi connectivity index (χ0) is 13.0. The van der Waals surface area contributed by atoms with Crippen molar-refractivity contribution in [2.45, 2.75) is 19.9 Å². The van der Waals surface area contributed by atoms with Gasteiger partial charge in [-0.1, -0.05) is 0 Å². The normalized spacial score (nSPS) is 10.7. The van der Waals surface area contributed by atoms with Crippen molar-refractivity contribution in [3.8, 4) is 0 Å². The van der Waals surface area contributed by atoms with Gasteiger partial charge in [0.2, 0.25) is 5.95 Å². The summed E-state index contributed by atoms with van der Waals surface area (Å²) in [6, 6.07) is 0.565. The number of nitrogens with zero attached hydrogens (tertiary/aromatic N) is 1. The summed E-state index contributed by atoms with van der Waals surface area (Å²) in [5.74, 6) is -2.13. The molecule has 1 aromatic rings. The smallest absolute Gasteiger partial charge is 0.357 e. The minimum absolute atomic E-state index is 0.0328. The minimum Gasteiger partial charge on any atom is -0.461 e. The monoisotopic (exact) mass is 248 g/mol. The third kappa shape index (κ3) is 2.94. The van der Waals surface area contributed by atoms with Gasteiger partial charge in [0, 0.05) is 23.7 Å². The molecule has 0 aliphatic heterocycles. The van der Waals surface area contributed by atoms with Crippen molar-refractivity contribution >= 4 is 5.97 Å². The number of nitrogens with two attached hydrogens (primary N) is 1. The van der Waals surface area contributed by atoms with Crippen LogP contribution in [0.15, 0.2) is 6.07 Å². The lowest BCUT2D eigenvalue weighted by Gasteiger charge is -2.11. The molecule has 7 heteroatoms. The maximum absolute atomic E-state index is 13.0. The summed E-state index contributed by atoms with van der Waals surface area (Å²) in [5, 5.41) is 0. The molecule has 0 spiro atoms. The van der Waals surface area contributed by atoms with E-state index in [1.54, 1.807) is 0 Å². The van der Waals surface area contributed by atoms with E-state index < -0.39 is 29.6 Å². The second-order valence-electron chi connectivity index (χ2n) is 3.09. The Morgan fingerprint density at radius 2 is 2.24 bits per heavy atom. The fraction of sp³-hybridized carbons (Fsp3) is 0.400. The number of rotatable bonds is 4. The van der Waals surface area contributed by atoms with Crippen LogP contribution < -0.4 is 5.73 Å². The third-order valence-electron chi connectivity index (χ3n) is 2.04. The van der Waals surface area contributed by atoms with E-state index in [-0.39, 0.29) is 18.7 Å². The molecule has 0 bridgehead atoms. The van der Waals surface area contributed by atoms with E-state index in [0.29, 0.717) is 6.07 Å². The average molecular weight is 248 g/mol. The lowest BCUT2D eigenvalue weighted by atomic mass is 10.1. The van der Waals surface area contributed by atoms with Crippen LogP contribution in [0.5, 0.6) is 0 Å². The highest BCUT2D eigenvalue weighted by atomic mass is 19.3. The molecule has 4 nitrogen and oxygen atoms in total.